The van der Waals surface area contributed by atoms with Crippen molar-refractivity contribution in [3.05, 3.63) is 41.8 Å². The quantitative estimate of drug-likeness (QED) is 0.269. The van der Waals surface area contributed by atoms with Gasteiger partial charge in [-0.25, -0.2) is 9.69 Å². The fourth-order valence-corrected chi connectivity index (χ4v) is 9.61. The van der Waals surface area contributed by atoms with Crippen molar-refractivity contribution in [1.29, 1.82) is 5.26 Å². The summed E-state index contributed by atoms with van der Waals surface area (Å²) in [6.07, 6.45) is 0.0773. The third-order valence-corrected chi connectivity index (χ3v) is 12.2. The Balaban J connectivity index is 3.65. The third-order valence-electron chi connectivity index (χ3n) is 5.57. The van der Waals surface area contributed by atoms with Gasteiger partial charge in [0.1, 0.15) is 17.8 Å². The summed E-state index contributed by atoms with van der Waals surface area (Å²) in [4.78, 5) is 14.2. The lowest BCUT2D eigenvalue weighted by Crippen LogP contribution is -2.34. The van der Waals surface area contributed by atoms with Crippen molar-refractivity contribution in [3.8, 4) is 6.07 Å². The highest BCUT2D eigenvalue weighted by atomic mass is 31.2. The molecule has 0 fully saturated rings. The van der Waals surface area contributed by atoms with E-state index in [-0.39, 0.29) is 12.5 Å². The van der Waals surface area contributed by atoms with Gasteiger partial charge in [-0.05, 0) is 60.6 Å². The zero-order valence-electron chi connectivity index (χ0n) is 19.1. The van der Waals surface area contributed by atoms with Crippen LogP contribution in [0.4, 0.5) is 10.5 Å². The molecule has 0 saturated heterocycles. The molecule has 160 valence electrons. The molecule has 1 rings (SSSR count). The molecule has 6 heteroatoms. The molecule has 0 radical (unpaired) electrons. The SMILES string of the molecule is CCOC(=O)N(/C(OC)=C(\C#N)C[P+](C(C)C)(C(C)C)C(C)C)c1ccccc1. The molecular formula is C23H36N2O3P+. The largest absolute Gasteiger partial charge is 0.481 e. The molecular weight excluding hydrogens is 383 g/mol. The zero-order chi connectivity index (χ0) is 22.2. The van der Waals surface area contributed by atoms with Crippen molar-refractivity contribution in [3.63, 3.8) is 0 Å². The first-order chi connectivity index (χ1) is 13.7. The van der Waals surface area contributed by atoms with E-state index in [4.69, 9.17) is 9.47 Å². The number of anilines is 1. The maximum absolute atomic E-state index is 12.8. The van der Waals surface area contributed by atoms with Crippen molar-refractivity contribution < 1.29 is 14.3 Å². The van der Waals surface area contributed by atoms with Gasteiger partial charge in [-0.3, -0.25) is 0 Å². The van der Waals surface area contributed by atoms with Gasteiger partial charge in [0.2, 0.25) is 5.88 Å². The second-order valence-corrected chi connectivity index (χ2v) is 13.3. The fraction of sp³-hybridized carbons (Fsp3) is 0.565. The number of methoxy groups -OCH3 is 1. The fourth-order valence-electron chi connectivity index (χ4n) is 4.18. The van der Waals surface area contributed by atoms with E-state index in [0.717, 1.165) is 0 Å². The van der Waals surface area contributed by atoms with E-state index in [2.05, 4.69) is 47.6 Å². The molecule has 5 nitrogen and oxygen atoms in total. The second-order valence-electron chi connectivity index (χ2n) is 7.90. The molecule has 0 aliphatic heterocycles. The Morgan fingerprint density at radius 2 is 1.59 bits per heavy atom. The first-order valence-corrected chi connectivity index (χ1v) is 12.4. The van der Waals surface area contributed by atoms with Gasteiger partial charge in [-0.1, -0.05) is 18.2 Å². The number of benzene rings is 1. The average Bonchev–Trinajstić information content (AvgIpc) is 2.67. The monoisotopic (exact) mass is 419 g/mol. The van der Waals surface area contributed by atoms with Crippen LogP contribution in [0, 0.1) is 11.3 Å². The second kappa shape index (κ2) is 11.2. The number of hydrogen-bond donors (Lipinski definition) is 0. The van der Waals surface area contributed by atoms with Gasteiger partial charge in [0.05, 0.1) is 36.4 Å². The first kappa shape index (κ1) is 25.0. The summed E-state index contributed by atoms with van der Waals surface area (Å²) in [7, 11) is -0.0657. The molecule has 1 aromatic rings. The van der Waals surface area contributed by atoms with Gasteiger partial charge in [-0.2, -0.15) is 5.26 Å². The summed E-state index contributed by atoms with van der Waals surface area (Å²) in [5.41, 5.74) is 2.47. The van der Waals surface area contributed by atoms with E-state index in [1.165, 1.54) is 12.0 Å². The number of nitriles is 1. The topological polar surface area (TPSA) is 62.6 Å². The number of para-hydroxylation sites is 1. The highest BCUT2D eigenvalue weighted by Crippen LogP contribution is 2.71. The molecule has 0 spiro atoms. The van der Waals surface area contributed by atoms with Gasteiger partial charge < -0.3 is 9.47 Å². The van der Waals surface area contributed by atoms with Crippen LogP contribution in [0.1, 0.15) is 48.5 Å². The van der Waals surface area contributed by atoms with E-state index in [1.807, 2.05) is 18.2 Å². The normalized spacial score (nSPS) is 12.6. The molecule has 1 amide bonds. The summed E-state index contributed by atoms with van der Waals surface area (Å²) in [6, 6.07) is 11.5. The van der Waals surface area contributed by atoms with Gasteiger partial charge in [0.15, 0.2) is 0 Å². The van der Waals surface area contributed by atoms with Crippen molar-refractivity contribution in [2.75, 3.05) is 24.8 Å². The zero-order valence-corrected chi connectivity index (χ0v) is 20.0. The highest BCUT2D eigenvalue weighted by Gasteiger charge is 2.49. The molecule has 0 saturated carbocycles. The van der Waals surface area contributed by atoms with E-state index in [0.29, 0.717) is 34.4 Å². The van der Waals surface area contributed by atoms with Crippen LogP contribution in [0.5, 0.6) is 0 Å². The van der Waals surface area contributed by atoms with Crippen LogP contribution in [-0.2, 0) is 9.47 Å². The molecule has 29 heavy (non-hydrogen) atoms. The lowest BCUT2D eigenvalue weighted by Gasteiger charge is -2.38. The molecule has 0 aromatic heterocycles. The highest BCUT2D eigenvalue weighted by molar-refractivity contribution is 7.77. The number of allylic oxidation sites excluding steroid dienone is 1. The predicted molar refractivity (Wildman–Crippen MR) is 123 cm³/mol. The predicted octanol–water partition coefficient (Wildman–Crippen LogP) is 6.27. The smallest absolute Gasteiger partial charge is 0.421 e. The van der Waals surface area contributed by atoms with E-state index in [9.17, 15) is 10.1 Å². The van der Waals surface area contributed by atoms with Crippen molar-refractivity contribution >= 4 is 19.0 Å². The van der Waals surface area contributed by atoms with Crippen molar-refractivity contribution in [2.24, 2.45) is 0 Å². The van der Waals surface area contributed by atoms with Gasteiger partial charge in [0, 0.05) is 7.26 Å². The Labute approximate surface area is 177 Å². The van der Waals surface area contributed by atoms with Crippen LogP contribution in [0.3, 0.4) is 0 Å². The average molecular weight is 420 g/mol. The first-order valence-electron chi connectivity index (χ1n) is 10.2. The third kappa shape index (κ3) is 5.52. The molecule has 1 aromatic carbocycles. The molecule has 0 bridgehead atoms. The van der Waals surface area contributed by atoms with Crippen LogP contribution >= 0.6 is 7.26 Å². The summed E-state index contributed by atoms with van der Waals surface area (Å²) in [5.74, 6) is 0.253. The Bertz CT molecular complexity index is 714. The number of carbonyl (C=O) groups is 1. The molecule has 0 heterocycles. The van der Waals surface area contributed by atoms with Crippen LogP contribution < -0.4 is 4.90 Å². The lowest BCUT2D eigenvalue weighted by molar-refractivity contribution is 0.154. The maximum atomic E-state index is 12.8. The molecule has 0 unspecified atom stereocenters. The Kier molecular flexibility index (Phi) is 9.66. The Morgan fingerprint density at radius 3 is 1.97 bits per heavy atom. The van der Waals surface area contributed by atoms with Crippen LogP contribution in [0.2, 0.25) is 0 Å². The minimum absolute atomic E-state index is 0.238. The van der Waals surface area contributed by atoms with E-state index < -0.39 is 13.4 Å². The summed E-state index contributed by atoms with van der Waals surface area (Å²) in [6.45, 7) is 15.5. The molecule has 0 aliphatic rings. The minimum Gasteiger partial charge on any atom is -0.481 e. The Morgan fingerprint density at radius 1 is 1.07 bits per heavy atom. The minimum atomic E-state index is -1.57. The van der Waals surface area contributed by atoms with Gasteiger partial charge in [0.25, 0.3) is 0 Å². The molecule has 0 atom stereocenters. The number of ether oxygens (including phenoxy) is 2. The number of amides is 1. The van der Waals surface area contributed by atoms with E-state index >= 15 is 0 Å². The molecule has 0 N–H and O–H groups in total. The van der Waals surface area contributed by atoms with Crippen LogP contribution in [0.25, 0.3) is 0 Å². The van der Waals surface area contributed by atoms with Crippen molar-refractivity contribution in [1.82, 2.24) is 0 Å². The standard InChI is InChI=1S/C23H36N2O3P/c1-9-28-23(26)25(21-13-11-10-12-14-21)22(27-8)20(15-24)16-29(17(2)3,18(4)5)19(6)7/h10-14,17-19H,9,16H2,1-8H3/q+1/b22-20-. The maximum Gasteiger partial charge on any atom is 0.421 e. The van der Waals surface area contributed by atoms with Crippen LogP contribution in [0.15, 0.2) is 41.8 Å². The number of nitrogens with zero attached hydrogens (tertiary/aromatic N) is 2. The van der Waals surface area contributed by atoms with E-state index in [1.54, 1.807) is 19.1 Å². The Hall–Kier alpha value is -2.05. The van der Waals surface area contributed by atoms with Crippen molar-refractivity contribution in [2.45, 2.75) is 65.4 Å². The lowest BCUT2D eigenvalue weighted by atomic mass is 10.2. The number of carbonyl (C=O) groups excluding carboxylic acids is 1. The number of rotatable bonds is 9. The summed E-state index contributed by atoms with van der Waals surface area (Å²) >= 11 is 0. The van der Waals surface area contributed by atoms with Gasteiger partial charge in [-0.15, -0.1) is 0 Å². The molecule has 0 aliphatic carbocycles. The number of hydrogen-bond acceptors (Lipinski definition) is 4. The summed E-state index contributed by atoms with van der Waals surface area (Å²) in [5, 5.41) is 10.1. The summed E-state index contributed by atoms with van der Waals surface area (Å²) < 4.78 is 11.0. The van der Waals surface area contributed by atoms with Gasteiger partial charge >= 0.3 is 6.09 Å². The van der Waals surface area contributed by atoms with Crippen LogP contribution in [-0.4, -0.2) is 42.9 Å².